The van der Waals surface area contributed by atoms with Gasteiger partial charge in [0.05, 0.1) is 5.69 Å². The summed E-state index contributed by atoms with van der Waals surface area (Å²) < 4.78 is 3.63. The van der Waals surface area contributed by atoms with E-state index in [1.165, 1.54) is 38.5 Å². The third-order valence-corrected chi connectivity index (χ3v) is 6.34. The monoisotopic (exact) mass is 397 g/mol. The lowest BCUT2D eigenvalue weighted by Crippen LogP contribution is -2.47. The van der Waals surface area contributed by atoms with E-state index in [9.17, 15) is 9.59 Å². The van der Waals surface area contributed by atoms with E-state index in [1.807, 2.05) is 10.7 Å². The normalized spacial score (nSPS) is 22.6. The third kappa shape index (κ3) is 3.65. The quantitative estimate of drug-likeness (QED) is 0.828. The van der Waals surface area contributed by atoms with Crippen molar-refractivity contribution in [2.24, 2.45) is 5.92 Å². The fourth-order valence-electron chi connectivity index (χ4n) is 4.46. The summed E-state index contributed by atoms with van der Waals surface area (Å²) in [6.07, 6.45) is 9.41. The molecular formula is C20H27N7O2. The van der Waals surface area contributed by atoms with Gasteiger partial charge in [-0.25, -0.2) is 9.67 Å². The van der Waals surface area contributed by atoms with E-state index in [4.69, 9.17) is 0 Å². The highest BCUT2D eigenvalue weighted by atomic mass is 16.2. The molecule has 0 saturated heterocycles. The Morgan fingerprint density at radius 1 is 1.17 bits per heavy atom. The number of amides is 2. The summed E-state index contributed by atoms with van der Waals surface area (Å²) in [6, 6.07) is 1.40. The van der Waals surface area contributed by atoms with Crippen molar-refractivity contribution in [3.8, 4) is 0 Å². The molecule has 5 rings (SSSR count). The van der Waals surface area contributed by atoms with Crippen molar-refractivity contribution in [3.05, 3.63) is 23.9 Å². The highest BCUT2D eigenvalue weighted by Crippen LogP contribution is 2.40. The minimum absolute atomic E-state index is 0.122. The molecule has 2 saturated carbocycles. The lowest BCUT2D eigenvalue weighted by molar-refractivity contribution is -0.120. The Hall–Kier alpha value is -2.71. The average Bonchev–Trinajstić information content (AvgIpc) is 3.11. The predicted molar refractivity (Wildman–Crippen MR) is 105 cm³/mol. The number of nitrogens with one attached hydrogen (secondary N) is 1. The Morgan fingerprint density at radius 2 is 1.97 bits per heavy atom. The van der Waals surface area contributed by atoms with Gasteiger partial charge in [-0.15, -0.1) is 5.10 Å². The fraction of sp³-hybridized carbons (Fsp3) is 0.650. The van der Waals surface area contributed by atoms with Crippen LogP contribution >= 0.6 is 0 Å². The summed E-state index contributed by atoms with van der Waals surface area (Å²) >= 11 is 0. The Kier molecular flexibility index (Phi) is 4.60. The Bertz CT molecular complexity index is 923. The average molecular weight is 397 g/mol. The topological polar surface area (TPSA) is 97.9 Å². The van der Waals surface area contributed by atoms with Gasteiger partial charge in [0.1, 0.15) is 18.2 Å². The van der Waals surface area contributed by atoms with Gasteiger partial charge >= 0.3 is 0 Å². The van der Waals surface area contributed by atoms with Crippen molar-refractivity contribution in [1.29, 1.82) is 0 Å². The van der Waals surface area contributed by atoms with Gasteiger partial charge in [-0.2, -0.15) is 5.10 Å². The highest BCUT2D eigenvalue weighted by Gasteiger charge is 2.34. The van der Waals surface area contributed by atoms with Crippen LogP contribution in [-0.2, 0) is 17.9 Å². The van der Waals surface area contributed by atoms with Crippen LogP contribution in [0.4, 0.5) is 5.82 Å². The number of hydrogen-bond acceptors (Lipinski definition) is 5. The second-order valence-electron chi connectivity index (χ2n) is 8.58. The van der Waals surface area contributed by atoms with Crippen molar-refractivity contribution >= 4 is 17.6 Å². The molecule has 3 heterocycles. The third-order valence-electron chi connectivity index (χ3n) is 6.34. The van der Waals surface area contributed by atoms with Crippen LogP contribution in [0, 0.1) is 5.92 Å². The number of anilines is 1. The van der Waals surface area contributed by atoms with Crippen LogP contribution in [0.1, 0.15) is 67.2 Å². The van der Waals surface area contributed by atoms with Gasteiger partial charge in [-0.1, -0.05) is 12.8 Å². The zero-order valence-corrected chi connectivity index (χ0v) is 16.8. The summed E-state index contributed by atoms with van der Waals surface area (Å²) in [6.45, 7) is 1.39. The van der Waals surface area contributed by atoms with E-state index < -0.39 is 11.9 Å². The molecule has 0 spiro atoms. The van der Waals surface area contributed by atoms with E-state index in [1.54, 1.807) is 23.0 Å². The first-order chi connectivity index (χ1) is 14.1. The summed E-state index contributed by atoms with van der Waals surface area (Å²) in [5.74, 6) is 1.54. The number of hydrogen-bond donors (Lipinski definition) is 1. The molecule has 2 amide bonds. The molecule has 1 atom stereocenters. The number of carbonyl (C=O) groups is 2. The maximum atomic E-state index is 12.9. The molecular weight excluding hydrogens is 370 g/mol. The second kappa shape index (κ2) is 7.27. The van der Waals surface area contributed by atoms with Gasteiger partial charge in [0.2, 0.25) is 5.82 Å². The number of aromatic nitrogens is 5. The van der Waals surface area contributed by atoms with E-state index in [-0.39, 0.29) is 11.7 Å². The molecule has 1 unspecified atom stereocenters. The lowest BCUT2D eigenvalue weighted by Gasteiger charge is -2.19. The van der Waals surface area contributed by atoms with E-state index in [0.717, 1.165) is 18.1 Å². The molecule has 9 heteroatoms. The van der Waals surface area contributed by atoms with Gasteiger partial charge in [0.25, 0.3) is 11.8 Å². The smallest absolute Gasteiger partial charge is 0.291 e. The number of aryl methyl sites for hydroxylation is 1. The maximum absolute atomic E-state index is 12.9. The van der Waals surface area contributed by atoms with Gasteiger partial charge in [-0.3, -0.25) is 19.2 Å². The Morgan fingerprint density at radius 3 is 2.72 bits per heavy atom. The summed E-state index contributed by atoms with van der Waals surface area (Å²) in [4.78, 5) is 31.3. The van der Waals surface area contributed by atoms with Crippen molar-refractivity contribution in [2.45, 2.75) is 70.0 Å². The second-order valence-corrected chi connectivity index (χ2v) is 8.58. The molecule has 2 aromatic heterocycles. The van der Waals surface area contributed by atoms with Gasteiger partial charge < -0.3 is 5.32 Å². The van der Waals surface area contributed by atoms with Crippen molar-refractivity contribution in [2.75, 3.05) is 11.9 Å². The van der Waals surface area contributed by atoms with Gasteiger partial charge in [0, 0.05) is 32.1 Å². The maximum Gasteiger partial charge on any atom is 0.291 e. The summed E-state index contributed by atoms with van der Waals surface area (Å²) in [5.41, 5.74) is 1.07. The molecule has 9 nitrogen and oxygen atoms in total. The first-order valence-corrected chi connectivity index (χ1v) is 10.6. The standard InChI is InChI=1S/C20H27N7O2/c1-25-17-10-16(14-6-7-14)23-27(17)9-8-15(20(25)29)22-19(28)18-21-12-26(24-18)11-13-4-2-3-5-13/h10,12-15H,2-9,11H2,1H3,(H,22,28). The van der Waals surface area contributed by atoms with Gasteiger partial charge in [0.15, 0.2) is 0 Å². The molecule has 0 bridgehead atoms. The Labute approximate surface area is 169 Å². The molecule has 0 aromatic carbocycles. The summed E-state index contributed by atoms with van der Waals surface area (Å²) in [5, 5.41) is 11.8. The molecule has 2 aliphatic carbocycles. The van der Waals surface area contributed by atoms with Crippen LogP contribution < -0.4 is 10.2 Å². The van der Waals surface area contributed by atoms with E-state index in [2.05, 4.69) is 20.5 Å². The van der Waals surface area contributed by atoms with Crippen LogP contribution in [-0.4, -0.2) is 49.4 Å². The number of carbonyl (C=O) groups excluding carboxylic acids is 2. The largest absolute Gasteiger partial charge is 0.337 e. The number of fused-ring (bicyclic) bond motifs is 1. The van der Waals surface area contributed by atoms with Gasteiger partial charge in [-0.05, 0) is 38.0 Å². The molecule has 154 valence electrons. The van der Waals surface area contributed by atoms with Crippen LogP contribution in [0.3, 0.4) is 0 Å². The minimum Gasteiger partial charge on any atom is -0.337 e. The molecule has 2 fully saturated rings. The van der Waals surface area contributed by atoms with E-state index >= 15 is 0 Å². The number of rotatable bonds is 5. The highest BCUT2D eigenvalue weighted by molar-refractivity contribution is 6.00. The fourth-order valence-corrected chi connectivity index (χ4v) is 4.46. The minimum atomic E-state index is -0.611. The predicted octanol–water partition coefficient (Wildman–Crippen LogP) is 1.71. The molecule has 1 aliphatic heterocycles. The Balaban J connectivity index is 1.24. The van der Waals surface area contributed by atoms with Crippen molar-refractivity contribution < 1.29 is 9.59 Å². The molecule has 1 N–H and O–H groups in total. The first kappa shape index (κ1) is 18.3. The van der Waals surface area contributed by atoms with Crippen LogP contribution in [0.5, 0.6) is 0 Å². The van der Waals surface area contributed by atoms with Crippen molar-refractivity contribution in [1.82, 2.24) is 29.9 Å². The first-order valence-electron chi connectivity index (χ1n) is 10.6. The lowest BCUT2D eigenvalue weighted by atomic mass is 10.1. The molecule has 29 heavy (non-hydrogen) atoms. The molecule has 0 radical (unpaired) electrons. The summed E-state index contributed by atoms with van der Waals surface area (Å²) in [7, 11) is 1.74. The van der Waals surface area contributed by atoms with Crippen molar-refractivity contribution in [3.63, 3.8) is 0 Å². The van der Waals surface area contributed by atoms with E-state index in [0.29, 0.717) is 24.8 Å². The molecule has 3 aliphatic rings. The van der Waals surface area contributed by atoms with Crippen LogP contribution in [0.15, 0.2) is 12.4 Å². The van der Waals surface area contributed by atoms with Crippen LogP contribution in [0.25, 0.3) is 0 Å². The molecule has 2 aromatic rings. The number of likely N-dealkylation sites (N-methyl/N-ethyl adjacent to an activating group) is 1. The SMILES string of the molecule is CN1C(=O)C(NC(=O)c2ncn(CC3CCCC3)n2)CCn2nc(C3CC3)cc21. The van der Waals surface area contributed by atoms with Crippen LogP contribution in [0.2, 0.25) is 0 Å². The zero-order valence-electron chi connectivity index (χ0n) is 16.8. The number of nitrogens with zero attached hydrogens (tertiary/aromatic N) is 6. The zero-order chi connectivity index (χ0) is 20.0.